The first kappa shape index (κ1) is 15.6. The second-order valence-corrected chi connectivity index (χ2v) is 4.91. The fourth-order valence-corrected chi connectivity index (χ4v) is 1.93. The van der Waals surface area contributed by atoms with Crippen molar-refractivity contribution in [3.63, 3.8) is 0 Å². The van der Waals surface area contributed by atoms with Crippen molar-refractivity contribution in [1.82, 2.24) is 5.32 Å². The fraction of sp³-hybridized carbons (Fsp3) is 0.462. The van der Waals surface area contributed by atoms with Crippen LogP contribution in [0.25, 0.3) is 0 Å². The molecule has 1 heterocycles. The molecule has 2 amide bonds. The second kappa shape index (κ2) is 5.90. The van der Waals surface area contributed by atoms with Crippen LogP contribution in [-0.2, 0) is 10.9 Å². The molecule has 0 spiro atoms. The van der Waals surface area contributed by atoms with Gasteiger partial charge in [-0.15, -0.1) is 0 Å². The van der Waals surface area contributed by atoms with Gasteiger partial charge >= 0.3 is 12.2 Å². The van der Waals surface area contributed by atoms with Crippen molar-refractivity contribution in [2.24, 2.45) is 0 Å². The predicted molar refractivity (Wildman–Crippen MR) is 68.9 cm³/mol. The first-order valence-corrected chi connectivity index (χ1v) is 6.31. The monoisotopic (exact) mass is 304 g/mol. The maximum absolute atomic E-state index is 12.5. The number of hydrogen-bond acceptors (Lipinski definition) is 3. The second-order valence-electron chi connectivity index (χ2n) is 4.91. The molecule has 0 radical (unpaired) electrons. The third-order valence-corrected chi connectivity index (χ3v) is 3.11. The molecule has 1 aliphatic rings. The number of hydrogen-bond donors (Lipinski definition) is 3. The summed E-state index contributed by atoms with van der Waals surface area (Å²) in [7, 11) is 0. The summed E-state index contributed by atoms with van der Waals surface area (Å²) in [6.45, 7) is 0.502. The number of rotatable bonds is 3. The van der Waals surface area contributed by atoms with Crippen LogP contribution in [0.1, 0.15) is 12.0 Å². The highest BCUT2D eigenvalue weighted by Gasteiger charge is 2.33. The van der Waals surface area contributed by atoms with Crippen molar-refractivity contribution < 1.29 is 27.8 Å². The first-order chi connectivity index (χ1) is 9.78. The maximum Gasteiger partial charge on any atom is 0.416 e. The average Bonchev–Trinajstić information content (AvgIpc) is 2.83. The summed E-state index contributed by atoms with van der Waals surface area (Å²) in [4.78, 5) is 11.6. The highest BCUT2D eigenvalue weighted by molar-refractivity contribution is 5.89. The molecule has 1 aliphatic heterocycles. The lowest BCUT2D eigenvalue weighted by Crippen LogP contribution is -2.44. The van der Waals surface area contributed by atoms with Crippen LogP contribution < -0.4 is 10.6 Å². The zero-order chi connectivity index (χ0) is 15.5. The van der Waals surface area contributed by atoms with E-state index in [9.17, 15) is 23.1 Å². The molecule has 0 aliphatic carbocycles. The van der Waals surface area contributed by atoms with Gasteiger partial charge in [-0.25, -0.2) is 4.79 Å². The number of ether oxygens (including phenoxy) is 1. The minimum Gasteiger partial charge on any atom is -0.386 e. The van der Waals surface area contributed by atoms with E-state index in [4.69, 9.17) is 4.74 Å². The van der Waals surface area contributed by atoms with Crippen molar-refractivity contribution in [3.05, 3.63) is 29.8 Å². The van der Waals surface area contributed by atoms with Gasteiger partial charge in [0.2, 0.25) is 0 Å². The summed E-state index contributed by atoms with van der Waals surface area (Å²) in [5.41, 5.74) is -1.94. The van der Waals surface area contributed by atoms with Gasteiger partial charge in [-0.2, -0.15) is 13.2 Å². The number of benzene rings is 1. The number of aliphatic hydroxyl groups is 1. The van der Waals surface area contributed by atoms with Gasteiger partial charge in [0.15, 0.2) is 0 Å². The molecule has 1 aromatic carbocycles. The molecular weight excluding hydrogens is 289 g/mol. The van der Waals surface area contributed by atoms with Crippen molar-refractivity contribution >= 4 is 11.7 Å². The fourth-order valence-electron chi connectivity index (χ4n) is 1.93. The van der Waals surface area contributed by atoms with Crippen molar-refractivity contribution in [2.75, 3.05) is 25.1 Å². The highest BCUT2D eigenvalue weighted by atomic mass is 19.4. The third-order valence-electron chi connectivity index (χ3n) is 3.11. The Bertz CT molecular complexity index is 514. The number of carbonyl (C=O) groups is 1. The Morgan fingerprint density at radius 2 is 2.19 bits per heavy atom. The molecule has 1 unspecified atom stereocenters. The third kappa shape index (κ3) is 4.33. The van der Waals surface area contributed by atoms with Gasteiger partial charge in [0.05, 0.1) is 18.7 Å². The van der Waals surface area contributed by atoms with Crippen LogP contribution in [0.4, 0.5) is 23.7 Å². The van der Waals surface area contributed by atoms with E-state index < -0.39 is 23.4 Å². The van der Waals surface area contributed by atoms with Crippen molar-refractivity contribution in [3.8, 4) is 0 Å². The lowest BCUT2D eigenvalue weighted by atomic mass is 10.0. The van der Waals surface area contributed by atoms with Crippen LogP contribution in [-0.4, -0.2) is 36.5 Å². The van der Waals surface area contributed by atoms with E-state index in [0.717, 1.165) is 12.1 Å². The molecule has 0 bridgehead atoms. The first-order valence-electron chi connectivity index (χ1n) is 6.31. The summed E-state index contributed by atoms with van der Waals surface area (Å²) in [6.07, 6.45) is -4.07. The summed E-state index contributed by atoms with van der Waals surface area (Å²) in [6, 6.07) is 3.63. The molecule has 1 atom stereocenters. The van der Waals surface area contributed by atoms with Gasteiger partial charge in [-0.3, -0.25) is 0 Å². The molecule has 116 valence electrons. The van der Waals surface area contributed by atoms with Crippen LogP contribution >= 0.6 is 0 Å². The molecular formula is C13H15F3N2O3. The molecule has 3 N–H and O–H groups in total. The van der Waals surface area contributed by atoms with Gasteiger partial charge < -0.3 is 20.5 Å². The lowest BCUT2D eigenvalue weighted by molar-refractivity contribution is -0.137. The standard InChI is InChI=1S/C13H15F3N2O3/c14-13(15,16)9-2-1-3-10(6-9)18-11(19)17-7-12(20)4-5-21-8-12/h1-3,6,20H,4-5,7-8H2,(H2,17,18,19). The van der Waals surface area contributed by atoms with Gasteiger partial charge in [0.1, 0.15) is 5.60 Å². The van der Waals surface area contributed by atoms with E-state index in [2.05, 4.69) is 10.6 Å². The summed E-state index contributed by atoms with van der Waals surface area (Å²) in [5.74, 6) is 0. The summed E-state index contributed by atoms with van der Waals surface area (Å²) < 4.78 is 42.6. The Kier molecular flexibility index (Phi) is 4.38. The van der Waals surface area contributed by atoms with Crippen LogP contribution in [0.3, 0.4) is 0 Å². The smallest absolute Gasteiger partial charge is 0.386 e. The van der Waals surface area contributed by atoms with E-state index in [-0.39, 0.29) is 18.8 Å². The van der Waals surface area contributed by atoms with Crippen LogP contribution in [0.15, 0.2) is 24.3 Å². The highest BCUT2D eigenvalue weighted by Crippen LogP contribution is 2.30. The normalized spacial score (nSPS) is 22.1. The van der Waals surface area contributed by atoms with Gasteiger partial charge in [0, 0.05) is 18.7 Å². The number of amides is 2. The minimum absolute atomic E-state index is 0.0250. The van der Waals surface area contributed by atoms with E-state index >= 15 is 0 Å². The number of nitrogens with one attached hydrogen (secondary N) is 2. The molecule has 1 aromatic rings. The molecule has 0 saturated carbocycles. The summed E-state index contributed by atoms with van der Waals surface area (Å²) >= 11 is 0. The number of halogens is 3. The van der Waals surface area contributed by atoms with Gasteiger partial charge in [-0.1, -0.05) is 6.07 Å². The zero-order valence-corrected chi connectivity index (χ0v) is 11.0. The molecule has 0 aromatic heterocycles. The number of anilines is 1. The van der Waals surface area contributed by atoms with E-state index in [0.29, 0.717) is 13.0 Å². The maximum atomic E-state index is 12.5. The van der Waals surface area contributed by atoms with Crippen LogP contribution in [0, 0.1) is 0 Å². The molecule has 2 rings (SSSR count). The van der Waals surface area contributed by atoms with Gasteiger partial charge in [0.25, 0.3) is 0 Å². The van der Waals surface area contributed by atoms with E-state index in [1.807, 2.05) is 0 Å². The topological polar surface area (TPSA) is 70.6 Å². The lowest BCUT2D eigenvalue weighted by Gasteiger charge is -2.20. The largest absolute Gasteiger partial charge is 0.416 e. The number of alkyl halides is 3. The molecule has 8 heteroatoms. The number of carbonyl (C=O) groups excluding carboxylic acids is 1. The molecule has 1 fully saturated rings. The average molecular weight is 304 g/mol. The Balaban J connectivity index is 1.91. The molecule has 5 nitrogen and oxygen atoms in total. The van der Waals surface area contributed by atoms with E-state index in [1.54, 1.807) is 0 Å². The quantitative estimate of drug-likeness (QED) is 0.799. The minimum atomic E-state index is -4.47. The Morgan fingerprint density at radius 3 is 2.81 bits per heavy atom. The number of urea groups is 1. The molecule has 21 heavy (non-hydrogen) atoms. The Labute approximate surface area is 119 Å². The SMILES string of the molecule is O=C(NCC1(O)CCOC1)Nc1cccc(C(F)(F)F)c1. The van der Waals surface area contributed by atoms with Crippen molar-refractivity contribution in [2.45, 2.75) is 18.2 Å². The van der Waals surface area contributed by atoms with Gasteiger partial charge in [-0.05, 0) is 18.2 Å². The van der Waals surface area contributed by atoms with Crippen molar-refractivity contribution in [1.29, 1.82) is 0 Å². The predicted octanol–water partition coefficient (Wildman–Crippen LogP) is 1.98. The van der Waals surface area contributed by atoms with Crippen LogP contribution in [0.5, 0.6) is 0 Å². The van der Waals surface area contributed by atoms with Crippen LogP contribution in [0.2, 0.25) is 0 Å². The Hall–Kier alpha value is -1.80. The van der Waals surface area contributed by atoms with E-state index in [1.165, 1.54) is 12.1 Å². The molecule has 1 saturated heterocycles. The zero-order valence-electron chi connectivity index (χ0n) is 11.0. The Morgan fingerprint density at radius 1 is 1.43 bits per heavy atom. The summed E-state index contributed by atoms with van der Waals surface area (Å²) in [5, 5.41) is 14.6.